The minimum Gasteiger partial charge on any atom is -0.355 e. The van der Waals surface area contributed by atoms with E-state index in [-0.39, 0.29) is 16.8 Å². The van der Waals surface area contributed by atoms with Gasteiger partial charge in [0.25, 0.3) is 0 Å². The van der Waals surface area contributed by atoms with Gasteiger partial charge in [-0.15, -0.1) is 0 Å². The monoisotopic (exact) mass is 357 g/mol. The molecule has 0 aliphatic carbocycles. The Morgan fingerprint density at radius 3 is 2.33 bits per heavy atom. The lowest BCUT2D eigenvalue weighted by atomic mass is 10.2. The van der Waals surface area contributed by atoms with E-state index in [9.17, 15) is 17.6 Å². The van der Waals surface area contributed by atoms with Crippen molar-refractivity contribution in [2.75, 3.05) is 32.7 Å². The van der Waals surface area contributed by atoms with E-state index in [2.05, 4.69) is 5.32 Å². The standard InChI is InChI=1S/C16H24FN3O3S/c1-3-8-18-16(21)13(2)19-9-11-20(12-10-19)24(22,23)15-6-4-14(17)5-7-15/h4-7,13H,3,8-12H2,1-2H3,(H,18,21)/t13-/m1/s1. The van der Waals surface area contributed by atoms with Crippen molar-refractivity contribution >= 4 is 15.9 Å². The highest BCUT2D eigenvalue weighted by atomic mass is 32.2. The Kier molecular flexibility index (Phi) is 6.31. The van der Waals surface area contributed by atoms with Crippen molar-refractivity contribution < 1.29 is 17.6 Å². The fraction of sp³-hybridized carbons (Fsp3) is 0.562. The number of hydrogen-bond donors (Lipinski definition) is 1. The molecule has 8 heteroatoms. The van der Waals surface area contributed by atoms with E-state index in [4.69, 9.17) is 0 Å². The highest BCUT2D eigenvalue weighted by molar-refractivity contribution is 7.89. The van der Waals surface area contributed by atoms with Gasteiger partial charge in [0, 0.05) is 32.7 Å². The predicted octanol–water partition coefficient (Wildman–Crippen LogP) is 1.05. The van der Waals surface area contributed by atoms with Crippen molar-refractivity contribution in [3.8, 4) is 0 Å². The molecule has 0 bridgehead atoms. The number of halogens is 1. The molecule has 1 heterocycles. The first-order valence-electron chi connectivity index (χ1n) is 8.13. The maximum absolute atomic E-state index is 13.0. The second-order valence-corrected chi connectivity index (χ2v) is 7.80. The molecule has 0 saturated carbocycles. The van der Waals surface area contributed by atoms with E-state index < -0.39 is 15.8 Å². The van der Waals surface area contributed by atoms with E-state index in [1.165, 1.54) is 16.4 Å². The Labute approximate surface area is 142 Å². The first-order chi connectivity index (χ1) is 11.4. The number of nitrogens with one attached hydrogen (secondary N) is 1. The summed E-state index contributed by atoms with van der Waals surface area (Å²) in [7, 11) is -3.62. The molecule has 0 spiro atoms. The zero-order valence-electron chi connectivity index (χ0n) is 14.0. The summed E-state index contributed by atoms with van der Waals surface area (Å²) >= 11 is 0. The van der Waals surface area contributed by atoms with Gasteiger partial charge in [0.05, 0.1) is 10.9 Å². The van der Waals surface area contributed by atoms with E-state index in [0.29, 0.717) is 32.7 Å². The van der Waals surface area contributed by atoms with Crippen LogP contribution in [0.4, 0.5) is 4.39 Å². The molecule has 134 valence electrons. The summed E-state index contributed by atoms with van der Waals surface area (Å²) < 4.78 is 39.5. The van der Waals surface area contributed by atoms with Crippen LogP contribution in [0.3, 0.4) is 0 Å². The number of sulfonamides is 1. The third kappa shape index (κ3) is 4.31. The Balaban J connectivity index is 1.96. The fourth-order valence-electron chi connectivity index (χ4n) is 2.65. The second-order valence-electron chi connectivity index (χ2n) is 5.86. The van der Waals surface area contributed by atoms with Crippen LogP contribution in [0.25, 0.3) is 0 Å². The van der Waals surface area contributed by atoms with Crippen LogP contribution in [0, 0.1) is 5.82 Å². The summed E-state index contributed by atoms with van der Waals surface area (Å²) in [6.07, 6.45) is 0.877. The Bertz CT molecular complexity index is 656. The zero-order valence-corrected chi connectivity index (χ0v) is 14.9. The lowest BCUT2D eigenvalue weighted by Gasteiger charge is -2.36. The summed E-state index contributed by atoms with van der Waals surface area (Å²) in [5, 5.41) is 2.85. The van der Waals surface area contributed by atoms with Gasteiger partial charge in [-0.3, -0.25) is 9.69 Å². The maximum Gasteiger partial charge on any atom is 0.243 e. The topological polar surface area (TPSA) is 69.7 Å². The van der Waals surface area contributed by atoms with Crippen LogP contribution in [0.1, 0.15) is 20.3 Å². The number of nitrogens with zero attached hydrogens (tertiary/aromatic N) is 2. The predicted molar refractivity (Wildman–Crippen MR) is 89.5 cm³/mol. The molecule has 1 saturated heterocycles. The normalized spacial score (nSPS) is 18.3. The van der Waals surface area contributed by atoms with E-state index in [1.54, 1.807) is 0 Å². The summed E-state index contributed by atoms with van der Waals surface area (Å²) in [6, 6.07) is 4.55. The Morgan fingerprint density at radius 2 is 1.79 bits per heavy atom. The van der Waals surface area contributed by atoms with Crippen LogP contribution in [0.5, 0.6) is 0 Å². The Hall–Kier alpha value is -1.51. The number of carbonyl (C=O) groups is 1. The number of piperazine rings is 1. The summed E-state index contributed by atoms with van der Waals surface area (Å²) in [6.45, 7) is 6.06. The number of rotatable bonds is 6. The molecule has 1 aromatic carbocycles. The fourth-order valence-corrected chi connectivity index (χ4v) is 4.07. The highest BCUT2D eigenvalue weighted by Crippen LogP contribution is 2.18. The van der Waals surface area contributed by atoms with E-state index in [1.807, 2.05) is 18.7 Å². The molecule has 24 heavy (non-hydrogen) atoms. The SMILES string of the molecule is CCCNC(=O)[C@@H](C)N1CCN(S(=O)(=O)c2ccc(F)cc2)CC1. The van der Waals surface area contributed by atoms with E-state index in [0.717, 1.165) is 18.6 Å². The quantitative estimate of drug-likeness (QED) is 0.826. The van der Waals surface area contributed by atoms with Gasteiger partial charge in [0.15, 0.2) is 0 Å². The molecule has 1 fully saturated rings. The molecule has 1 aliphatic heterocycles. The third-order valence-electron chi connectivity index (χ3n) is 4.20. The molecule has 6 nitrogen and oxygen atoms in total. The molecule has 1 atom stereocenters. The number of amides is 1. The highest BCUT2D eigenvalue weighted by Gasteiger charge is 2.31. The number of hydrogen-bond acceptors (Lipinski definition) is 4. The van der Waals surface area contributed by atoms with Crippen LogP contribution >= 0.6 is 0 Å². The summed E-state index contributed by atoms with van der Waals surface area (Å²) in [5.41, 5.74) is 0. The van der Waals surface area contributed by atoms with Gasteiger partial charge >= 0.3 is 0 Å². The van der Waals surface area contributed by atoms with Gasteiger partial charge in [0.2, 0.25) is 15.9 Å². The molecule has 0 unspecified atom stereocenters. The van der Waals surface area contributed by atoms with Crippen molar-refractivity contribution in [3.63, 3.8) is 0 Å². The molecule has 2 rings (SSSR count). The van der Waals surface area contributed by atoms with Crippen molar-refractivity contribution in [1.29, 1.82) is 0 Å². The molecule has 0 radical (unpaired) electrons. The third-order valence-corrected chi connectivity index (χ3v) is 6.11. The summed E-state index contributed by atoms with van der Waals surface area (Å²) in [5.74, 6) is -0.502. The van der Waals surface area contributed by atoms with Crippen molar-refractivity contribution in [2.24, 2.45) is 0 Å². The first kappa shape index (κ1) is 18.8. The first-order valence-corrected chi connectivity index (χ1v) is 9.57. The minimum atomic E-state index is -3.62. The van der Waals surface area contributed by atoms with Gasteiger partial charge in [-0.25, -0.2) is 12.8 Å². The molecule has 1 N–H and O–H groups in total. The largest absolute Gasteiger partial charge is 0.355 e. The summed E-state index contributed by atoms with van der Waals surface area (Å²) in [4.78, 5) is 14.1. The average molecular weight is 357 g/mol. The van der Waals surface area contributed by atoms with Crippen molar-refractivity contribution in [1.82, 2.24) is 14.5 Å². The molecule has 1 aromatic rings. The zero-order chi connectivity index (χ0) is 17.7. The molecule has 0 aromatic heterocycles. The average Bonchev–Trinajstić information content (AvgIpc) is 2.59. The van der Waals surface area contributed by atoms with Gasteiger partial charge in [0.1, 0.15) is 5.82 Å². The van der Waals surface area contributed by atoms with Gasteiger partial charge in [-0.2, -0.15) is 4.31 Å². The molecule has 1 aliphatic rings. The van der Waals surface area contributed by atoms with Crippen molar-refractivity contribution in [3.05, 3.63) is 30.1 Å². The van der Waals surface area contributed by atoms with Crippen LogP contribution < -0.4 is 5.32 Å². The van der Waals surface area contributed by atoms with Crippen LogP contribution in [-0.4, -0.2) is 62.3 Å². The molecular weight excluding hydrogens is 333 g/mol. The van der Waals surface area contributed by atoms with Gasteiger partial charge < -0.3 is 5.32 Å². The number of carbonyl (C=O) groups excluding carboxylic acids is 1. The Morgan fingerprint density at radius 1 is 1.21 bits per heavy atom. The molecular formula is C16H24FN3O3S. The van der Waals surface area contributed by atoms with Gasteiger partial charge in [-0.05, 0) is 37.6 Å². The lowest BCUT2D eigenvalue weighted by molar-refractivity contribution is -0.126. The van der Waals surface area contributed by atoms with Crippen LogP contribution in [-0.2, 0) is 14.8 Å². The van der Waals surface area contributed by atoms with Gasteiger partial charge in [-0.1, -0.05) is 6.92 Å². The lowest BCUT2D eigenvalue weighted by Crippen LogP contribution is -2.54. The van der Waals surface area contributed by atoms with Crippen LogP contribution in [0.15, 0.2) is 29.2 Å². The van der Waals surface area contributed by atoms with Crippen LogP contribution in [0.2, 0.25) is 0 Å². The number of benzene rings is 1. The minimum absolute atomic E-state index is 0.0355. The smallest absolute Gasteiger partial charge is 0.243 e. The van der Waals surface area contributed by atoms with Crippen molar-refractivity contribution in [2.45, 2.75) is 31.2 Å². The van der Waals surface area contributed by atoms with E-state index >= 15 is 0 Å². The second kappa shape index (κ2) is 8.04. The molecule has 1 amide bonds. The maximum atomic E-state index is 13.0.